The third kappa shape index (κ3) is 3.21. The lowest BCUT2D eigenvalue weighted by molar-refractivity contribution is 0.164. The molecule has 0 aromatic carbocycles. The van der Waals surface area contributed by atoms with Gasteiger partial charge in [0.25, 0.3) is 0 Å². The van der Waals surface area contributed by atoms with E-state index in [-0.39, 0.29) is 0 Å². The highest BCUT2D eigenvalue weighted by atomic mass is 16.5. The monoisotopic (exact) mass is 249 g/mol. The number of methoxy groups -OCH3 is 1. The summed E-state index contributed by atoms with van der Waals surface area (Å²) in [5.41, 5.74) is 1.31. The molecule has 0 radical (unpaired) electrons. The average molecular weight is 249 g/mol. The van der Waals surface area contributed by atoms with E-state index in [1.807, 2.05) is 12.3 Å². The molecule has 4 heteroatoms. The van der Waals surface area contributed by atoms with E-state index in [1.54, 1.807) is 7.11 Å². The lowest BCUT2D eigenvalue weighted by Crippen LogP contribution is -2.45. The zero-order valence-electron chi connectivity index (χ0n) is 11.4. The van der Waals surface area contributed by atoms with Crippen molar-refractivity contribution in [2.24, 2.45) is 0 Å². The van der Waals surface area contributed by atoms with Gasteiger partial charge in [-0.25, -0.2) is 4.98 Å². The Kier molecular flexibility index (Phi) is 4.96. The van der Waals surface area contributed by atoms with Crippen LogP contribution < -0.4 is 10.1 Å². The Balaban J connectivity index is 2.11. The molecular formula is C14H23N3O. The molecule has 1 aromatic heterocycles. The third-order valence-electron chi connectivity index (χ3n) is 3.51. The maximum absolute atomic E-state index is 5.12. The summed E-state index contributed by atoms with van der Waals surface area (Å²) in [7, 11) is 1.65. The van der Waals surface area contributed by atoms with E-state index in [0.29, 0.717) is 11.9 Å². The fraction of sp³-hybridized carbons (Fsp3) is 0.643. The first-order chi connectivity index (χ1) is 8.85. The second-order valence-corrected chi connectivity index (χ2v) is 4.72. The number of pyridine rings is 1. The van der Waals surface area contributed by atoms with Crippen LogP contribution in [0.2, 0.25) is 0 Å². The molecule has 1 aliphatic rings. The van der Waals surface area contributed by atoms with Crippen molar-refractivity contribution in [1.82, 2.24) is 15.2 Å². The molecule has 4 nitrogen and oxygen atoms in total. The van der Waals surface area contributed by atoms with Crippen LogP contribution in [0.1, 0.15) is 31.4 Å². The van der Waals surface area contributed by atoms with Gasteiger partial charge in [0.15, 0.2) is 0 Å². The van der Waals surface area contributed by atoms with Crippen LogP contribution in [0.4, 0.5) is 0 Å². The number of piperazine rings is 1. The molecule has 0 saturated carbocycles. The summed E-state index contributed by atoms with van der Waals surface area (Å²) < 4.78 is 5.12. The van der Waals surface area contributed by atoms with E-state index >= 15 is 0 Å². The largest absolute Gasteiger partial charge is 0.481 e. The van der Waals surface area contributed by atoms with Crippen LogP contribution >= 0.6 is 0 Å². The first-order valence-electron chi connectivity index (χ1n) is 6.80. The van der Waals surface area contributed by atoms with E-state index in [0.717, 1.165) is 26.2 Å². The van der Waals surface area contributed by atoms with Crippen molar-refractivity contribution in [3.8, 4) is 5.88 Å². The van der Waals surface area contributed by atoms with Gasteiger partial charge in [0.1, 0.15) is 0 Å². The van der Waals surface area contributed by atoms with Crippen LogP contribution in [0.5, 0.6) is 5.88 Å². The zero-order chi connectivity index (χ0) is 12.8. The first-order valence-corrected chi connectivity index (χ1v) is 6.80. The van der Waals surface area contributed by atoms with Gasteiger partial charge in [-0.1, -0.05) is 19.4 Å². The average Bonchev–Trinajstić information content (AvgIpc) is 2.46. The van der Waals surface area contributed by atoms with Gasteiger partial charge in [-0.05, 0) is 12.0 Å². The second-order valence-electron chi connectivity index (χ2n) is 4.72. The molecular weight excluding hydrogens is 226 g/mol. The van der Waals surface area contributed by atoms with Crippen LogP contribution in [-0.4, -0.2) is 43.2 Å². The number of nitrogens with one attached hydrogen (secondary N) is 1. The molecule has 1 fully saturated rings. The van der Waals surface area contributed by atoms with Crippen molar-refractivity contribution in [1.29, 1.82) is 0 Å². The SMILES string of the molecule is CCC[C@@H](c1ccc(OC)nc1)N1CCNCC1. The van der Waals surface area contributed by atoms with Crippen molar-refractivity contribution in [3.63, 3.8) is 0 Å². The third-order valence-corrected chi connectivity index (χ3v) is 3.51. The highest BCUT2D eigenvalue weighted by Crippen LogP contribution is 2.26. The molecule has 1 N–H and O–H groups in total. The molecule has 2 rings (SSSR count). The zero-order valence-corrected chi connectivity index (χ0v) is 11.4. The molecule has 18 heavy (non-hydrogen) atoms. The molecule has 1 saturated heterocycles. The van der Waals surface area contributed by atoms with Crippen molar-refractivity contribution in [2.75, 3.05) is 33.3 Å². The number of nitrogens with zero attached hydrogens (tertiary/aromatic N) is 2. The van der Waals surface area contributed by atoms with Gasteiger partial charge >= 0.3 is 0 Å². The summed E-state index contributed by atoms with van der Waals surface area (Å²) in [6.07, 6.45) is 4.34. The van der Waals surface area contributed by atoms with E-state index in [4.69, 9.17) is 4.74 Å². The summed E-state index contributed by atoms with van der Waals surface area (Å²) in [5, 5.41) is 3.40. The van der Waals surface area contributed by atoms with E-state index in [1.165, 1.54) is 18.4 Å². The Labute approximate surface area is 109 Å². The van der Waals surface area contributed by atoms with Crippen LogP contribution in [0, 0.1) is 0 Å². The van der Waals surface area contributed by atoms with Crippen LogP contribution in [0.3, 0.4) is 0 Å². The highest BCUT2D eigenvalue weighted by Gasteiger charge is 2.21. The molecule has 2 heterocycles. The molecule has 0 spiro atoms. The predicted molar refractivity (Wildman–Crippen MR) is 72.9 cm³/mol. The number of rotatable bonds is 5. The second kappa shape index (κ2) is 6.71. The smallest absolute Gasteiger partial charge is 0.212 e. The van der Waals surface area contributed by atoms with Gasteiger partial charge in [-0.15, -0.1) is 0 Å². The minimum absolute atomic E-state index is 0.496. The topological polar surface area (TPSA) is 37.4 Å². The van der Waals surface area contributed by atoms with Crippen LogP contribution in [-0.2, 0) is 0 Å². The number of hydrogen-bond acceptors (Lipinski definition) is 4. The van der Waals surface area contributed by atoms with Crippen LogP contribution in [0.25, 0.3) is 0 Å². The molecule has 100 valence electrons. The normalized spacial score (nSPS) is 18.6. The van der Waals surface area contributed by atoms with Gasteiger partial charge in [0, 0.05) is 44.5 Å². The standard InChI is InChI=1S/C14H23N3O/c1-3-4-13(17-9-7-15-8-10-17)12-5-6-14(18-2)16-11-12/h5-6,11,13,15H,3-4,7-10H2,1-2H3/t13-/m0/s1. The molecule has 0 unspecified atom stereocenters. The summed E-state index contributed by atoms with van der Waals surface area (Å²) in [6.45, 7) is 6.66. The Morgan fingerprint density at radius 3 is 2.72 bits per heavy atom. The van der Waals surface area contributed by atoms with Gasteiger partial charge in [-0.3, -0.25) is 4.90 Å². The molecule has 0 aliphatic carbocycles. The minimum Gasteiger partial charge on any atom is -0.481 e. The van der Waals surface area contributed by atoms with E-state index in [2.05, 4.69) is 28.2 Å². The summed E-state index contributed by atoms with van der Waals surface area (Å²) in [5.74, 6) is 0.689. The van der Waals surface area contributed by atoms with Gasteiger partial charge in [0.2, 0.25) is 5.88 Å². The van der Waals surface area contributed by atoms with Gasteiger partial charge in [-0.2, -0.15) is 0 Å². The minimum atomic E-state index is 0.496. The first kappa shape index (κ1) is 13.3. The molecule has 0 amide bonds. The molecule has 1 aromatic rings. The summed E-state index contributed by atoms with van der Waals surface area (Å²) in [4.78, 5) is 6.89. The molecule has 1 atom stereocenters. The van der Waals surface area contributed by atoms with E-state index in [9.17, 15) is 0 Å². The Hall–Kier alpha value is -1.13. The van der Waals surface area contributed by atoms with Crippen molar-refractivity contribution < 1.29 is 4.74 Å². The maximum atomic E-state index is 5.12. The van der Waals surface area contributed by atoms with E-state index < -0.39 is 0 Å². The quantitative estimate of drug-likeness (QED) is 0.864. The van der Waals surface area contributed by atoms with Gasteiger partial charge in [0.05, 0.1) is 7.11 Å². The van der Waals surface area contributed by atoms with Crippen LogP contribution in [0.15, 0.2) is 18.3 Å². The number of hydrogen-bond donors (Lipinski definition) is 1. The number of ether oxygens (including phenoxy) is 1. The maximum Gasteiger partial charge on any atom is 0.212 e. The fourth-order valence-electron chi connectivity index (χ4n) is 2.54. The summed E-state index contributed by atoms with van der Waals surface area (Å²) in [6, 6.07) is 4.60. The lowest BCUT2D eigenvalue weighted by Gasteiger charge is -2.35. The molecule has 0 bridgehead atoms. The van der Waals surface area contributed by atoms with Crippen molar-refractivity contribution in [2.45, 2.75) is 25.8 Å². The molecule has 1 aliphatic heterocycles. The van der Waals surface area contributed by atoms with Crippen molar-refractivity contribution >= 4 is 0 Å². The number of aromatic nitrogens is 1. The fourth-order valence-corrected chi connectivity index (χ4v) is 2.54. The van der Waals surface area contributed by atoms with Gasteiger partial charge < -0.3 is 10.1 Å². The Bertz CT molecular complexity index is 347. The Morgan fingerprint density at radius 1 is 1.39 bits per heavy atom. The summed E-state index contributed by atoms with van der Waals surface area (Å²) >= 11 is 0. The predicted octanol–water partition coefficient (Wildman–Crippen LogP) is 1.84. The highest BCUT2D eigenvalue weighted by molar-refractivity contribution is 5.21. The lowest BCUT2D eigenvalue weighted by atomic mass is 10.0. The van der Waals surface area contributed by atoms with Crippen molar-refractivity contribution in [3.05, 3.63) is 23.9 Å². The Morgan fingerprint density at radius 2 is 2.17 bits per heavy atom.